The minimum atomic E-state index is -3.02. The van der Waals surface area contributed by atoms with E-state index in [2.05, 4.69) is 66.0 Å². The first-order valence-corrected chi connectivity index (χ1v) is 20.5. The van der Waals surface area contributed by atoms with Crippen molar-refractivity contribution < 1.29 is 38.1 Å². The molecule has 0 aromatic heterocycles. The fourth-order valence-electron chi connectivity index (χ4n) is 6.05. The molecule has 56 heavy (non-hydrogen) atoms. The average Bonchev–Trinajstić information content (AvgIpc) is 3.16. The van der Waals surface area contributed by atoms with Crippen molar-refractivity contribution in [1.29, 1.82) is 0 Å². The molecule has 0 spiro atoms. The highest BCUT2D eigenvalue weighted by Crippen LogP contribution is 2.37. The molecule has 12 nitrogen and oxygen atoms in total. The Hall–Kier alpha value is -5.50. The Morgan fingerprint density at radius 3 is 1.50 bits per heavy atom. The van der Waals surface area contributed by atoms with Crippen molar-refractivity contribution in [2.75, 3.05) is 13.2 Å². The van der Waals surface area contributed by atoms with Gasteiger partial charge in [0.25, 0.3) is 8.32 Å². The van der Waals surface area contributed by atoms with E-state index in [0.717, 1.165) is 21.5 Å². The van der Waals surface area contributed by atoms with E-state index in [4.69, 9.17) is 18.6 Å². The Balaban J connectivity index is 1.55. The number of amides is 3. The summed E-state index contributed by atoms with van der Waals surface area (Å²) in [5.74, 6) is -0.291. The zero-order chi connectivity index (χ0) is 40.6. The maximum atomic E-state index is 13.1. The van der Waals surface area contributed by atoms with E-state index in [1.54, 1.807) is 45.0 Å². The van der Waals surface area contributed by atoms with Crippen molar-refractivity contribution in [3.8, 4) is 0 Å². The number of nitrogens with zero attached hydrogens (tertiary/aromatic N) is 1. The van der Waals surface area contributed by atoms with Crippen LogP contribution in [0.25, 0.3) is 0 Å². The number of carbonyl (C=O) groups excluding carboxylic acids is 3. The highest BCUT2D eigenvalue weighted by atomic mass is 28.4. The van der Waals surface area contributed by atoms with E-state index in [-0.39, 0.29) is 43.8 Å². The number of nitrogens with one attached hydrogen (secondary N) is 3. The third-order valence-electron chi connectivity index (χ3n) is 8.52. The smallest absolute Gasteiger partial charge is 0.414 e. The van der Waals surface area contributed by atoms with Crippen LogP contribution < -0.4 is 26.3 Å². The number of hydrogen-bond acceptors (Lipinski definition) is 9. The normalized spacial score (nSPS) is 12.7. The number of benzene rings is 4. The van der Waals surface area contributed by atoms with Gasteiger partial charge < -0.3 is 29.1 Å². The third kappa shape index (κ3) is 13.7. The second kappa shape index (κ2) is 20.4. The number of guanidine groups is 1. The van der Waals surface area contributed by atoms with Gasteiger partial charge in [-0.3, -0.25) is 10.6 Å². The number of carbonyl (C=O) groups is 3. The highest BCUT2D eigenvalue weighted by molar-refractivity contribution is 6.99. The minimum absolute atomic E-state index is 0.00880. The summed E-state index contributed by atoms with van der Waals surface area (Å²) in [5.41, 5.74) is 0.749. The molecule has 0 aliphatic rings. The molecule has 0 bridgehead atoms. The molecule has 4 N–H and O–H groups in total. The van der Waals surface area contributed by atoms with Gasteiger partial charge in [-0.25, -0.2) is 19.4 Å². The van der Waals surface area contributed by atoms with E-state index < -0.39 is 44.3 Å². The van der Waals surface area contributed by atoms with Crippen LogP contribution in [0.5, 0.6) is 0 Å². The molecule has 0 saturated carbocycles. The fraction of sp³-hybridized carbons (Fsp3) is 0.349. The van der Waals surface area contributed by atoms with Crippen LogP contribution in [0, 0.1) is 0 Å². The largest absolute Gasteiger partial charge is 0.444 e. The van der Waals surface area contributed by atoms with E-state index >= 15 is 0 Å². The first-order chi connectivity index (χ1) is 26.6. The van der Waals surface area contributed by atoms with Gasteiger partial charge in [0.2, 0.25) is 5.96 Å². The third-order valence-corrected chi connectivity index (χ3v) is 13.5. The first kappa shape index (κ1) is 43.2. The first-order valence-electron chi connectivity index (χ1n) is 18.6. The predicted molar refractivity (Wildman–Crippen MR) is 219 cm³/mol. The molecule has 0 radical (unpaired) electrons. The molecule has 0 heterocycles. The Morgan fingerprint density at radius 2 is 1.09 bits per heavy atom. The molecule has 13 heteroatoms. The molecule has 4 aromatic carbocycles. The van der Waals surface area contributed by atoms with Crippen LogP contribution >= 0.6 is 0 Å². The summed E-state index contributed by atoms with van der Waals surface area (Å²) in [6.07, 6.45) is -3.61. The predicted octanol–water partition coefficient (Wildman–Crippen LogP) is 6.42. The maximum absolute atomic E-state index is 13.1. The Bertz CT molecular complexity index is 1750. The zero-order valence-corrected chi connectivity index (χ0v) is 34.0. The Labute approximate surface area is 330 Å². The van der Waals surface area contributed by atoms with Crippen molar-refractivity contribution >= 4 is 42.9 Å². The molecule has 0 aliphatic heterocycles. The summed E-state index contributed by atoms with van der Waals surface area (Å²) < 4.78 is 23.3. The number of ether oxygens (including phenoxy) is 3. The molecular weight excluding hydrogens is 729 g/mol. The molecule has 0 aliphatic carbocycles. The molecule has 298 valence electrons. The lowest BCUT2D eigenvalue weighted by atomic mass is 10.1. The molecular formula is C43H54N4O8Si. The second-order valence-electron chi connectivity index (χ2n) is 15.3. The van der Waals surface area contributed by atoms with Crippen molar-refractivity contribution in [3.63, 3.8) is 0 Å². The van der Waals surface area contributed by atoms with Crippen molar-refractivity contribution in [2.24, 2.45) is 4.99 Å². The monoisotopic (exact) mass is 782 g/mol. The van der Waals surface area contributed by atoms with E-state index in [1.807, 2.05) is 72.8 Å². The van der Waals surface area contributed by atoms with E-state index in [9.17, 15) is 19.5 Å². The fourth-order valence-corrected chi connectivity index (χ4v) is 10.7. The minimum Gasteiger partial charge on any atom is -0.444 e. The SMILES string of the molecule is CC(C)(C)OC(=O)N[C@H](CO[Si](c1ccccc1)(c1ccccc1)C(C)(C)C)C[C@@H](O)CN=C(NC(=O)OCc1ccccc1)NC(=O)OCc1ccccc1. The van der Waals surface area contributed by atoms with Gasteiger partial charge in [-0.15, -0.1) is 0 Å². The Morgan fingerprint density at radius 1 is 0.661 bits per heavy atom. The summed E-state index contributed by atoms with van der Waals surface area (Å²) in [6.45, 7) is 11.5. The Kier molecular flexibility index (Phi) is 15.8. The van der Waals surface area contributed by atoms with Crippen LogP contribution in [0.1, 0.15) is 59.1 Å². The summed E-state index contributed by atoms with van der Waals surface area (Å²) in [6, 6.07) is 37.6. The molecule has 4 aromatic rings. The van der Waals surface area contributed by atoms with Gasteiger partial charge in [0, 0.05) is 0 Å². The molecule has 0 unspecified atom stereocenters. The average molecular weight is 783 g/mol. The topological polar surface area (TPSA) is 157 Å². The molecule has 3 amide bonds. The van der Waals surface area contributed by atoms with Crippen LogP contribution in [-0.4, -0.2) is 68.6 Å². The van der Waals surface area contributed by atoms with Gasteiger partial charge in [-0.05, 0) is 53.7 Å². The van der Waals surface area contributed by atoms with Gasteiger partial charge in [0.05, 0.1) is 25.3 Å². The molecule has 4 rings (SSSR count). The van der Waals surface area contributed by atoms with Crippen molar-refractivity contribution in [1.82, 2.24) is 16.0 Å². The quantitative estimate of drug-likeness (QED) is 0.0495. The van der Waals surface area contributed by atoms with Gasteiger partial charge in [-0.1, -0.05) is 142 Å². The van der Waals surface area contributed by atoms with Crippen LogP contribution in [-0.2, 0) is 31.9 Å². The van der Waals surface area contributed by atoms with Crippen LogP contribution in [0.3, 0.4) is 0 Å². The van der Waals surface area contributed by atoms with Crippen molar-refractivity contribution in [3.05, 3.63) is 132 Å². The lowest BCUT2D eigenvalue weighted by molar-refractivity contribution is 0.0458. The maximum Gasteiger partial charge on any atom is 0.414 e. The summed E-state index contributed by atoms with van der Waals surface area (Å²) in [4.78, 5) is 43.0. The lowest BCUT2D eigenvalue weighted by Crippen LogP contribution is -2.67. The number of aliphatic hydroxyl groups is 1. The number of alkyl carbamates (subject to hydrolysis) is 3. The van der Waals surface area contributed by atoms with E-state index in [1.165, 1.54) is 0 Å². The molecule has 0 fully saturated rings. The van der Waals surface area contributed by atoms with Crippen LogP contribution in [0.2, 0.25) is 5.04 Å². The van der Waals surface area contributed by atoms with E-state index in [0.29, 0.717) is 0 Å². The molecule has 0 saturated heterocycles. The van der Waals surface area contributed by atoms with Crippen molar-refractivity contribution in [2.45, 2.75) is 84.0 Å². The number of rotatable bonds is 14. The van der Waals surface area contributed by atoms with Gasteiger partial charge in [-0.2, -0.15) is 0 Å². The van der Waals surface area contributed by atoms with Gasteiger partial charge in [0.15, 0.2) is 0 Å². The van der Waals surface area contributed by atoms with Gasteiger partial charge in [0.1, 0.15) is 18.8 Å². The highest BCUT2D eigenvalue weighted by Gasteiger charge is 2.50. The zero-order valence-electron chi connectivity index (χ0n) is 33.0. The second-order valence-corrected chi connectivity index (χ2v) is 19.6. The van der Waals surface area contributed by atoms with Crippen LogP contribution in [0.4, 0.5) is 14.4 Å². The summed E-state index contributed by atoms with van der Waals surface area (Å²) in [7, 11) is -3.02. The van der Waals surface area contributed by atoms with Gasteiger partial charge >= 0.3 is 18.3 Å². The van der Waals surface area contributed by atoms with Crippen LogP contribution in [0.15, 0.2) is 126 Å². The summed E-state index contributed by atoms with van der Waals surface area (Å²) >= 11 is 0. The molecule has 2 atom stereocenters. The number of hydrogen-bond donors (Lipinski definition) is 4. The number of aliphatic hydroxyl groups excluding tert-OH is 1. The standard InChI is InChI=1S/C43H54N4O8Si/c1-42(2,3)55-41(51)45-34(31-54-56(43(4,5)6,36-23-15-9-16-24-36)37-25-17-10-18-26-37)27-35(48)28-44-38(46-39(49)52-29-32-19-11-7-12-20-32)47-40(50)53-30-33-21-13-8-14-22-33/h7-26,34-35,48H,27-31H2,1-6H3,(H,45,51)(H2,44,46,47,49,50)/t34-,35+/m0/s1. The summed E-state index contributed by atoms with van der Waals surface area (Å²) in [5, 5.41) is 20.9. The lowest BCUT2D eigenvalue weighted by Gasteiger charge is -2.43. The number of aliphatic imine (C=N–C) groups is 1.